The molecule has 0 amide bonds. The van der Waals surface area contributed by atoms with Gasteiger partial charge in [-0.2, -0.15) is 0 Å². The van der Waals surface area contributed by atoms with E-state index in [1.165, 1.54) is 0 Å². The zero-order valence-corrected chi connectivity index (χ0v) is 12.2. The molecule has 2 heterocycles. The van der Waals surface area contributed by atoms with E-state index in [0.29, 0.717) is 12.8 Å². The molecule has 0 radical (unpaired) electrons. The van der Waals surface area contributed by atoms with Gasteiger partial charge in [-0.3, -0.25) is 19.2 Å². The Morgan fingerprint density at radius 3 is 1.41 bits per heavy atom. The van der Waals surface area contributed by atoms with E-state index in [4.69, 9.17) is 9.47 Å². The van der Waals surface area contributed by atoms with Crippen LogP contribution in [0.3, 0.4) is 0 Å². The molecule has 2 aliphatic carbocycles. The lowest BCUT2D eigenvalue weighted by Gasteiger charge is -2.40. The van der Waals surface area contributed by atoms with Gasteiger partial charge in [0.05, 0.1) is 23.7 Å². The molecule has 4 fully saturated rings. The van der Waals surface area contributed by atoms with Crippen molar-refractivity contribution in [1.82, 2.24) is 0 Å². The zero-order valence-electron chi connectivity index (χ0n) is 12.2. The minimum Gasteiger partial charge on any atom is -0.393 e. The van der Waals surface area contributed by atoms with Crippen LogP contribution in [-0.4, -0.2) is 23.9 Å². The lowest BCUT2D eigenvalue weighted by molar-refractivity contribution is -0.157. The number of ether oxygens (including phenoxy) is 2. The van der Waals surface area contributed by atoms with Crippen molar-refractivity contribution in [2.75, 3.05) is 0 Å². The van der Waals surface area contributed by atoms with Gasteiger partial charge in [0, 0.05) is 0 Å². The first kappa shape index (κ1) is 13.9. The summed E-state index contributed by atoms with van der Waals surface area (Å²) in [5, 5.41) is 0. The van der Waals surface area contributed by atoms with Crippen LogP contribution in [0, 0.1) is 35.5 Å². The second-order valence-electron chi connectivity index (χ2n) is 6.93. The molecule has 6 unspecified atom stereocenters. The maximum atomic E-state index is 12.1. The fourth-order valence-electron chi connectivity index (χ4n) is 5.12. The van der Waals surface area contributed by atoms with Crippen molar-refractivity contribution >= 4 is 23.9 Å². The van der Waals surface area contributed by atoms with E-state index in [1.807, 2.05) is 0 Å². The molecule has 2 saturated carbocycles. The smallest absolute Gasteiger partial charge is 0.317 e. The Bertz CT molecular complexity index is 517. The molecule has 4 aliphatic rings. The average molecular weight is 306 g/mol. The maximum absolute atomic E-state index is 12.1. The molecule has 0 aromatic heterocycles. The highest BCUT2D eigenvalue weighted by Crippen LogP contribution is 2.52. The number of fused-ring (bicyclic) bond motifs is 2. The highest BCUT2D eigenvalue weighted by molar-refractivity contribution is 5.98. The summed E-state index contributed by atoms with van der Waals surface area (Å²) >= 11 is 0. The predicted octanol–water partition coefficient (Wildman–Crippen LogP) is 1.22. The summed E-state index contributed by atoms with van der Waals surface area (Å²) in [7, 11) is 0. The van der Waals surface area contributed by atoms with Crippen molar-refractivity contribution in [1.29, 1.82) is 0 Å². The van der Waals surface area contributed by atoms with Gasteiger partial charge in [0.1, 0.15) is 0 Å². The second-order valence-corrected chi connectivity index (χ2v) is 6.93. The number of carbonyl (C=O) groups excluding carboxylic acids is 4. The molecule has 22 heavy (non-hydrogen) atoms. The standard InChI is InChI=1S/C16H18O6/c17-13-9-5-1-3-7(11(9)15(19)21-13)8-4-2-6-10-12(8)16(20)22-14(10)18/h7-12H,1-6H2. The van der Waals surface area contributed by atoms with E-state index in [2.05, 4.69) is 0 Å². The minimum atomic E-state index is -0.445. The third-order valence-electron chi connectivity index (χ3n) is 6.00. The number of rotatable bonds is 1. The molecule has 0 spiro atoms. The number of hydrogen-bond donors (Lipinski definition) is 0. The summed E-state index contributed by atoms with van der Waals surface area (Å²) in [6.07, 6.45) is 4.67. The topological polar surface area (TPSA) is 86.7 Å². The van der Waals surface area contributed by atoms with Crippen molar-refractivity contribution < 1.29 is 28.7 Å². The molecule has 0 aromatic rings. The first-order valence-corrected chi connectivity index (χ1v) is 8.09. The van der Waals surface area contributed by atoms with Crippen LogP contribution in [0.5, 0.6) is 0 Å². The summed E-state index contributed by atoms with van der Waals surface area (Å²) < 4.78 is 9.66. The Hall–Kier alpha value is -1.72. The fourth-order valence-corrected chi connectivity index (χ4v) is 5.12. The van der Waals surface area contributed by atoms with Gasteiger partial charge in [0.15, 0.2) is 0 Å². The van der Waals surface area contributed by atoms with Crippen LogP contribution in [0.1, 0.15) is 38.5 Å². The third-order valence-corrected chi connectivity index (χ3v) is 6.00. The van der Waals surface area contributed by atoms with E-state index < -0.39 is 35.7 Å². The molecule has 0 N–H and O–H groups in total. The first-order valence-electron chi connectivity index (χ1n) is 8.09. The molecular weight excluding hydrogens is 288 g/mol. The van der Waals surface area contributed by atoms with Gasteiger partial charge in [-0.1, -0.05) is 12.8 Å². The first-order chi connectivity index (χ1) is 10.6. The summed E-state index contributed by atoms with van der Waals surface area (Å²) in [6, 6.07) is 0. The Balaban J connectivity index is 1.65. The average Bonchev–Trinajstić information content (AvgIpc) is 2.97. The number of cyclic esters (lactones) is 4. The van der Waals surface area contributed by atoms with Gasteiger partial charge in [-0.15, -0.1) is 0 Å². The van der Waals surface area contributed by atoms with Gasteiger partial charge >= 0.3 is 23.9 Å². The monoisotopic (exact) mass is 306 g/mol. The highest BCUT2D eigenvalue weighted by Gasteiger charge is 2.58. The zero-order chi connectivity index (χ0) is 15.4. The van der Waals surface area contributed by atoms with Crippen LogP contribution in [-0.2, 0) is 28.7 Å². The van der Waals surface area contributed by atoms with Crippen LogP contribution >= 0.6 is 0 Å². The van der Waals surface area contributed by atoms with Gasteiger partial charge in [0.2, 0.25) is 0 Å². The van der Waals surface area contributed by atoms with E-state index in [1.54, 1.807) is 0 Å². The second kappa shape index (κ2) is 4.89. The Morgan fingerprint density at radius 1 is 0.591 bits per heavy atom. The molecule has 6 atom stereocenters. The van der Waals surface area contributed by atoms with E-state index >= 15 is 0 Å². The van der Waals surface area contributed by atoms with Crippen molar-refractivity contribution in [2.24, 2.45) is 35.5 Å². The summed E-state index contributed by atoms with van der Waals surface area (Å²) in [6.45, 7) is 0. The molecular formula is C16H18O6. The molecule has 4 rings (SSSR count). The van der Waals surface area contributed by atoms with Crippen LogP contribution < -0.4 is 0 Å². The van der Waals surface area contributed by atoms with Crippen LogP contribution in [0.2, 0.25) is 0 Å². The van der Waals surface area contributed by atoms with Crippen LogP contribution in [0.25, 0.3) is 0 Å². The Kier molecular flexibility index (Phi) is 3.09. The number of carbonyl (C=O) groups is 4. The predicted molar refractivity (Wildman–Crippen MR) is 70.8 cm³/mol. The maximum Gasteiger partial charge on any atom is 0.317 e. The fraction of sp³-hybridized carbons (Fsp3) is 0.750. The van der Waals surface area contributed by atoms with E-state index in [-0.39, 0.29) is 23.7 Å². The molecule has 2 saturated heterocycles. The van der Waals surface area contributed by atoms with Gasteiger partial charge < -0.3 is 9.47 Å². The lowest BCUT2D eigenvalue weighted by Crippen LogP contribution is -2.42. The third kappa shape index (κ3) is 1.85. The van der Waals surface area contributed by atoms with Gasteiger partial charge in [0.25, 0.3) is 0 Å². The van der Waals surface area contributed by atoms with Crippen molar-refractivity contribution in [3.8, 4) is 0 Å². The molecule has 6 heteroatoms. The Morgan fingerprint density at radius 2 is 1.00 bits per heavy atom. The quantitative estimate of drug-likeness (QED) is 0.535. The van der Waals surface area contributed by atoms with E-state index in [0.717, 1.165) is 25.7 Å². The van der Waals surface area contributed by atoms with Gasteiger partial charge in [-0.25, -0.2) is 0 Å². The van der Waals surface area contributed by atoms with E-state index in [9.17, 15) is 19.2 Å². The van der Waals surface area contributed by atoms with Crippen molar-refractivity contribution in [3.05, 3.63) is 0 Å². The molecule has 118 valence electrons. The van der Waals surface area contributed by atoms with Crippen molar-refractivity contribution in [3.63, 3.8) is 0 Å². The molecule has 2 aliphatic heterocycles. The normalized spacial score (nSPS) is 44.4. The molecule has 0 aromatic carbocycles. The SMILES string of the molecule is O=C1OC(=O)C2C1CCCC2C1CCCC2C(=O)OC(=O)C21. The largest absolute Gasteiger partial charge is 0.393 e. The Labute approximate surface area is 127 Å². The number of hydrogen-bond acceptors (Lipinski definition) is 6. The minimum absolute atomic E-state index is 0.0519. The highest BCUT2D eigenvalue weighted by atomic mass is 16.6. The summed E-state index contributed by atoms with van der Waals surface area (Å²) in [5.74, 6) is -3.43. The lowest BCUT2D eigenvalue weighted by atomic mass is 9.60. The summed E-state index contributed by atoms with van der Waals surface area (Å²) in [4.78, 5) is 47.8. The molecule has 0 bridgehead atoms. The summed E-state index contributed by atoms with van der Waals surface area (Å²) in [5.41, 5.74) is 0. The van der Waals surface area contributed by atoms with Crippen LogP contribution in [0.15, 0.2) is 0 Å². The van der Waals surface area contributed by atoms with Gasteiger partial charge in [-0.05, 0) is 37.5 Å². The van der Waals surface area contributed by atoms with Crippen LogP contribution in [0.4, 0.5) is 0 Å². The molecule has 6 nitrogen and oxygen atoms in total. The number of esters is 4. The van der Waals surface area contributed by atoms with Crippen molar-refractivity contribution in [2.45, 2.75) is 38.5 Å².